The van der Waals surface area contributed by atoms with Gasteiger partial charge in [0.1, 0.15) is 17.4 Å². The quantitative estimate of drug-likeness (QED) is 0.207. The second-order valence-corrected chi connectivity index (χ2v) is 9.17. The molecule has 2 saturated carbocycles. The molecular weight excluding hydrogens is 446 g/mol. The van der Waals surface area contributed by atoms with Gasteiger partial charge in [0.2, 0.25) is 0 Å². The Morgan fingerprint density at radius 2 is 1.67 bits per heavy atom. The highest BCUT2D eigenvalue weighted by Gasteiger charge is 2.37. The molecule has 2 fully saturated rings. The van der Waals surface area contributed by atoms with Crippen LogP contribution in [0.5, 0.6) is 5.75 Å². The topological polar surface area (TPSA) is 26.3 Å². The zero-order chi connectivity index (χ0) is 23.9. The lowest BCUT2D eigenvalue weighted by Gasteiger charge is -2.40. The lowest BCUT2D eigenvalue weighted by molar-refractivity contribution is -0.141. The van der Waals surface area contributed by atoms with E-state index in [2.05, 4.69) is 6.92 Å². The van der Waals surface area contributed by atoms with Gasteiger partial charge in [0.15, 0.2) is 5.82 Å². The van der Waals surface area contributed by atoms with Crippen molar-refractivity contribution >= 4 is 16.7 Å². The summed E-state index contributed by atoms with van der Waals surface area (Å²) in [6.45, 7) is 2.24. The van der Waals surface area contributed by atoms with E-state index in [-0.39, 0.29) is 17.1 Å². The van der Waals surface area contributed by atoms with Gasteiger partial charge in [-0.2, -0.15) is 13.2 Å². The van der Waals surface area contributed by atoms with Crippen LogP contribution in [-0.2, 0) is 4.79 Å². The SMILES string of the molecule is CC1CCC2CC(C(=O)Oc3cc(F)c4c(F)c(C#CC(F)(F)F)c(F)cc4c3)CCC2C1. The summed E-state index contributed by atoms with van der Waals surface area (Å²) < 4.78 is 85.6. The number of halogens is 6. The fraction of sp³-hybridized carbons (Fsp3) is 0.480. The summed E-state index contributed by atoms with van der Waals surface area (Å²) in [5.74, 6) is -1.24. The van der Waals surface area contributed by atoms with E-state index in [0.29, 0.717) is 36.7 Å². The third kappa shape index (κ3) is 5.13. The molecule has 176 valence electrons. The predicted octanol–water partition coefficient (Wildman–Crippen LogP) is 6.93. The molecule has 33 heavy (non-hydrogen) atoms. The van der Waals surface area contributed by atoms with Crippen LogP contribution in [0, 0.1) is 53.0 Å². The van der Waals surface area contributed by atoms with E-state index in [1.54, 1.807) is 0 Å². The van der Waals surface area contributed by atoms with Gasteiger partial charge in [-0.15, -0.1) is 0 Å². The molecular formula is C25H22F6O2. The molecule has 2 aliphatic carbocycles. The van der Waals surface area contributed by atoms with E-state index in [4.69, 9.17) is 4.74 Å². The second kappa shape index (κ2) is 8.92. The molecule has 2 aromatic rings. The Hall–Kier alpha value is -2.69. The average molecular weight is 468 g/mol. The fourth-order valence-corrected chi connectivity index (χ4v) is 5.23. The van der Waals surface area contributed by atoms with E-state index in [1.807, 2.05) is 0 Å². The summed E-state index contributed by atoms with van der Waals surface area (Å²) in [6, 6.07) is 2.54. The Balaban J connectivity index is 1.55. The number of ether oxygens (including phenoxy) is 1. The number of carbonyl (C=O) groups is 1. The lowest BCUT2D eigenvalue weighted by Crippen LogP contribution is -2.34. The van der Waals surface area contributed by atoms with E-state index in [0.717, 1.165) is 43.7 Å². The van der Waals surface area contributed by atoms with E-state index in [1.165, 1.54) is 5.92 Å². The highest BCUT2D eigenvalue weighted by molar-refractivity contribution is 5.87. The highest BCUT2D eigenvalue weighted by Crippen LogP contribution is 2.45. The maximum absolute atomic E-state index is 14.6. The van der Waals surface area contributed by atoms with E-state index >= 15 is 0 Å². The molecule has 0 radical (unpaired) electrons. The fourth-order valence-electron chi connectivity index (χ4n) is 5.23. The van der Waals surface area contributed by atoms with Crippen LogP contribution in [0.4, 0.5) is 26.3 Å². The van der Waals surface area contributed by atoms with Gasteiger partial charge in [-0.25, -0.2) is 13.2 Å². The van der Waals surface area contributed by atoms with Crippen molar-refractivity contribution in [3.63, 3.8) is 0 Å². The van der Waals surface area contributed by atoms with Crippen molar-refractivity contribution in [2.75, 3.05) is 0 Å². The maximum atomic E-state index is 14.6. The van der Waals surface area contributed by atoms with E-state index in [9.17, 15) is 31.1 Å². The molecule has 0 aliphatic heterocycles. The van der Waals surface area contributed by atoms with Crippen molar-refractivity contribution in [2.24, 2.45) is 23.7 Å². The van der Waals surface area contributed by atoms with Crippen LogP contribution < -0.4 is 4.74 Å². The van der Waals surface area contributed by atoms with Crippen LogP contribution in [0.3, 0.4) is 0 Å². The number of fused-ring (bicyclic) bond motifs is 2. The molecule has 2 nitrogen and oxygen atoms in total. The van der Waals surface area contributed by atoms with Crippen LogP contribution in [0.1, 0.15) is 51.0 Å². The molecule has 8 heteroatoms. The highest BCUT2D eigenvalue weighted by atomic mass is 19.4. The standard InChI is InChI=1S/C25H22F6O2/c1-13-2-3-15-9-16(5-4-14(15)8-13)24(32)33-18-10-17-11-20(26)19(6-7-25(29,30)31)23(28)22(17)21(27)12-18/h10-16H,2-5,8-9H2,1H3. The molecule has 0 heterocycles. The Morgan fingerprint density at radius 1 is 0.970 bits per heavy atom. The van der Waals surface area contributed by atoms with Gasteiger partial charge in [-0.1, -0.05) is 19.3 Å². The normalized spacial score (nSPS) is 25.2. The molecule has 0 bridgehead atoms. The molecule has 4 rings (SSSR count). The predicted molar refractivity (Wildman–Crippen MR) is 110 cm³/mol. The van der Waals surface area contributed by atoms with Crippen molar-refractivity contribution in [1.82, 2.24) is 0 Å². The van der Waals surface area contributed by atoms with Crippen molar-refractivity contribution < 1.29 is 35.9 Å². The lowest BCUT2D eigenvalue weighted by atomic mass is 9.65. The van der Waals surface area contributed by atoms with Gasteiger partial charge in [0.05, 0.1) is 16.9 Å². The van der Waals surface area contributed by atoms with Gasteiger partial charge in [-0.3, -0.25) is 4.79 Å². The number of hydrogen-bond donors (Lipinski definition) is 0. The van der Waals surface area contributed by atoms with Crippen LogP contribution >= 0.6 is 0 Å². The first kappa shape index (κ1) is 23.5. The number of alkyl halides is 3. The second-order valence-electron chi connectivity index (χ2n) is 9.17. The van der Waals surface area contributed by atoms with Gasteiger partial charge in [0, 0.05) is 12.0 Å². The number of carbonyl (C=O) groups excluding carboxylic acids is 1. The summed E-state index contributed by atoms with van der Waals surface area (Å²) in [5.41, 5.74) is -1.18. The molecule has 4 atom stereocenters. The smallest absolute Gasteiger partial charge is 0.426 e. The third-order valence-corrected chi connectivity index (χ3v) is 6.81. The Bertz CT molecular complexity index is 1140. The molecule has 4 unspecified atom stereocenters. The molecule has 0 saturated heterocycles. The van der Waals surface area contributed by atoms with Crippen molar-refractivity contribution in [3.8, 4) is 17.6 Å². The van der Waals surface area contributed by atoms with Crippen LogP contribution in [0.2, 0.25) is 0 Å². The first-order valence-electron chi connectivity index (χ1n) is 10.9. The van der Waals surface area contributed by atoms with Crippen LogP contribution in [-0.4, -0.2) is 12.1 Å². The zero-order valence-corrected chi connectivity index (χ0v) is 17.9. The summed E-state index contributed by atoms with van der Waals surface area (Å²) in [5, 5.41) is -1.00. The van der Waals surface area contributed by atoms with Gasteiger partial charge in [-0.05, 0) is 67.4 Å². The molecule has 0 aromatic heterocycles. The molecule has 0 spiro atoms. The number of rotatable bonds is 2. The first-order valence-corrected chi connectivity index (χ1v) is 10.9. The van der Waals surface area contributed by atoms with E-state index < -0.39 is 40.5 Å². The van der Waals surface area contributed by atoms with Gasteiger partial charge >= 0.3 is 12.1 Å². The van der Waals surface area contributed by atoms with Crippen molar-refractivity contribution in [3.05, 3.63) is 41.2 Å². The third-order valence-electron chi connectivity index (χ3n) is 6.81. The first-order chi connectivity index (χ1) is 15.5. The Morgan fingerprint density at radius 3 is 2.39 bits per heavy atom. The monoisotopic (exact) mass is 468 g/mol. The van der Waals surface area contributed by atoms with Crippen LogP contribution in [0.15, 0.2) is 18.2 Å². The van der Waals surface area contributed by atoms with Gasteiger partial charge < -0.3 is 4.74 Å². The molecule has 0 N–H and O–H groups in total. The molecule has 2 aliphatic rings. The number of esters is 1. The molecule has 0 amide bonds. The van der Waals surface area contributed by atoms with Crippen molar-refractivity contribution in [1.29, 1.82) is 0 Å². The maximum Gasteiger partial charge on any atom is 0.458 e. The summed E-state index contributed by atoms with van der Waals surface area (Å²) >= 11 is 0. The van der Waals surface area contributed by atoms with Gasteiger partial charge in [0.25, 0.3) is 0 Å². The Kier molecular flexibility index (Phi) is 6.35. The minimum atomic E-state index is -4.96. The summed E-state index contributed by atoms with van der Waals surface area (Å²) in [7, 11) is 0. The van der Waals surface area contributed by atoms with Crippen LogP contribution in [0.25, 0.3) is 10.8 Å². The zero-order valence-electron chi connectivity index (χ0n) is 17.9. The number of benzene rings is 2. The molecule has 2 aromatic carbocycles. The Labute approximate surface area is 187 Å². The van der Waals surface area contributed by atoms with Crippen molar-refractivity contribution in [2.45, 2.75) is 51.6 Å². The largest absolute Gasteiger partial charge is 0.458 e. The minimum Gasteiger partial charge on any atom is -0.426 e. The summed E-state index contributed by atoms with van der Waals surface area (Å²) in [4.78, 5) is 12.7. The number of hydrogen-bond acceptors (Lipinski definition) is 2. The minimum absolute atomic E-state index is 0.211. The average Bonchev–Trinajstić information content (AvgIpc) is 2.71. The summed E-state index contributed by atoms with van der Waals surface area (Å²) in [6.07, 6.45) is 0.709.